The van der Waals surface area contributed by atoms with Crippen LogP contribution in [0, 0.1) is 11.3 Å². The SMILES string of the molecule is CCCCCCCCCCCCCCCC[C@H](CC(=O)NO)C(=O)N[C@H](C(=O)NC)C(C)(C)C. The van der Waals surface area contributed by atoms with Gasteiger partial charge in [-0.1, -0.05) is 118 Å². The molecule has 0 aromatic carbocycles. The van der Waals surface area contributed by atoms with Crippen LogP contribution >= 0.6 is 0 Å². The van der Waals surface area contributed by atoms with Crippen LogP contribution in [0.15, 0.2) is 0 Å². The average molecular weight is 484 g/mol. The molecule has 0 aliphatic heterocycles. The molecule has 0 heterocycles. The fraction of sp³-hybridized carbons (Fsp3) is 0.889. The second kappa shape index (κ2) is 19.7. The third-order valence-corrected chi connectivity index (χ3v) is 6.49. The van der Waals surface area contributed by atoms with E-state index in [1.165, 1.54) is 70.6 Å². The molecule has 0 bridgehead atoms. The predicted octanol–water partition coefficient (Wildman–Crippen LogP) is 5.65. The minimum Gasteiger partial charge on any atom is -0.357 e. The molecule has 0 aromatic rings. The first kappa shape index (κ1) is 32.4. The summed E-state index contributed by atoms with van der Waals surface area (Å²) in [6.07, 6.45) is 18.1. The van der Waals surface area contributed by atoms with Crippen LogP contribution in [0.5, 0.6) is 0 Å². The second-order valence-corrected chi connectivity index (χ2v) is 10.7. The van der Waals surface area contributed by atoms with Gasteiger partial charge in [0.1, 0.15) is 6.04 Å². The lowest BCUT2D eigenvalue weighted by molar-refractivity contribution is -0.137. The first-order valence-corrected chi connectivity index (χ1v) is 13.6. The van der Waals surface area contributed by atoms with E-state index in [1.54, 1.807) is 12.5 Å². The van der Waals surface area contributed by atoms with Gasteiger partial charge in [-0.05, 0) is 11.8 Å². The largest absolute Gasteiger partial charge is 0.357 e. The zero-order chi connectivity index (χ0) is 25.8. The van der Waals surface area contributed by atoms with E-state index in [0.29, 0.717) is 6.42 Å². The van der Waals surface area contributed by atoms with E-state index in [4.69, 9.17) is 5.21 Å². The quantitative estimate of drug-likeness (QED) is 0.102. The molecule has 0 aliphatic carbocycles. The molecule has 3 amide bonds. The highest BCUT2D eigenvalue weighted by Gasteiger charge is 2.34. The third kappa shape index (κ3) is 16.1. The summed E-state index contributed by atoms with van der Waals surface area (Å²) in [7, 11) is 1.54. The lowest BCUT2D eigenvalue weighted by atomic mass is 9.85. The Labute approximate surface area is 208 Å². The molecular weight excluding hydrogens is 430 g/mol. The van der Waals surface area contributed by atoms with Crippen molar-refractivity contribution in [3.8, 4) is 0 Å². The van der Waals surface area contributed by atoms with Crippen molar-refractivity contribution in [3.05, 3.63) is 0 Å². The zero-order valence-electron chi connectivity index (χ0n) is 22.6. The van der Waals surface area contributed by atoms with E-state index >= 15 is 0 Å². The molecule has 0 rings (SSSR count). The maximum Gasteiger partial charge on any atom is 0.244 e. The van der Waals surface area contributed by atoms with E-state index in [9.17, 15) is 14.4 Å². The van der Waals surface area contributed by atoms with Crippen LogP contribution in [0.1, 0.15) is 130 Å². The molecule has 34 heavy (non-hydrogen) atoms. The van der Waals surface area contributed by atoms with Crippen molar-refractivity contribution >= 4 is 17.7 Å². The number of carbonyl (C=O) groups is 3. The van der Waals surface area contributed by atoms with Crippen LogP contribution < -0.4 is 16.1 Å². The van der Waals surface area contributed by atoms with Crippen molar-refractivity contribution in [2.24, 2.45) is 11.3 Å². The van der Waals surface area contributed by atoms with Gasteiger partial charge >= 0.3 is 0 Å². The van der Waals surface area contributed by atoms with E-state index in [-0.39, 0.29) is 18.2 Å². The van der Waals surface area contributed by atoms with Crippen molar-refractivity contribution in [2.75, 3.05) is 7.05 Å². The zero-order valence-corrected chi connectivity index (χ0v) is 22.6. The molecule has 0 fully saturated rings. The molecular formula is C27H53N3O4. The van der Waals surface area contributed by atoms with Gasteiger partial charge < -0.3 is 10.6 Å². The van der Waals surface area contributed by atoms with Gasteiger partial charge in [0.05, 0.1) is 0 Å². The van der Waals surface area contributed by atoms with Crippen molar-refractivity contribution in [1.82, 2.24) is 16.1 Å². The summed E-state index contributed by atoms with van der Waals surface area (Å²) in [5, 5.41) is 14.3. The van der Waals surface area contributed by atoms with Crippen LogP contribution in [-0.4, -0.2) is 36.0 Å². The predicted molar refractivity (Wildman–Crippen MR) is 138 cm³/mol. The summed E-state index contributed by atoms with van der Waals surface area (Å²) in [5.41, 5.74) is 1.16. The topological polar surface area (TPSA) is 108 Å². The molecule has 0 spiro atoms. The molecule has 0 aromatic heterocycles. The lowest BCUT2D eigenvalue weighted by Crippen LogP contribution is -2.54. The smallest absolute Gasteiger partial charge is 0.244 e. The van der Waals surface area contributed by atoms with Crippen LogP contribution in [0.25, 0.3) is 0 Å². The molecule has 0 aliphatic rings. The summed E-state index contributed by atoms with van der Waals surface area (Å²) in [5.74, 6) is -1.73. The Kier molecular flexibility index (Phi) is 18.7. The van der Waals surface area contributed by atoms with E-state index in [2.05, 4.69) is 17.6 Å². The number of hydrogen-bond acceptors (Lipinski definition) is 4. The Morgan fingerprint density at radius 1 is 0.735 bits per heavy atom. The van der Waals surface area contributed by atoms with Crippen molar-refractivity contribution < 1.29 is 19.6 Å². The minimum absolute atomic E-state index is 0.0919. The van der Waals surface area contributed by atoms with E-state index < -0.39 is 23.3 Å². The number of amides is 3. The maximum atomic E-state index is 12.9. The number of rotatable bonds is 20. The van der Waals surface area contributed by atoms with Crippen LogP contribution in [0.2, 0.25) is 0 Å². The molecule has 7 nitrogen and oxygen atoms in total. The first-order chi connectivity index (χ1) is 16.2. The van der Waals surface area contributed by atoms with Gasteiger partial charge in [0, 0.05) is 19.4 Å². The van der Waals surface area contributed by atoms with Gasteiger partial charge in [0.15, 0.2) is 0 Å². The molecule has 2 atom stereocenters. The molecule has 0 unspecified atom stereocenters. The number of likely N-dealkylation sites (N-methyl/N-ethyl adjacent to an activating group) is 1. The molecule has 200 valence electrons. The first-order valence-electron chi connectivity index (χ1n) is 13.6. The highest BCUT2D eigenvalue weighted by atomic mass is 16.5. The summed E-state index contributed by atoms with van der Waals surface area (Å²) in [4.78, 5) is 36.9. The fourth-order valence-corrected chi connectivity index (χ4v) is 4.26. The third-order valence-electron chi connectivity index (χ3n) is 6.49. The Hall–Kier alpha value is -1.63. The normalized spacial score (nSPS) is 13.2. The fourth-order valence-electron chi connectivity index (χ4n) is 4.26. The van der Waals surface area contributed by atoms with Crippen LogP contribution in [-0.2, 0) is 14.4 Å². The number of carbonyl (C=O) groups excluding carboxylic acids is 3. The number of hydrogen-bond donors (Lipinski definition) is 4. The lowest BCUT2D eigenvalue weighted by Gasteiger charge is -2.31. The van der Waals surface area contributed by atoms with E-state index in [1.807, 2.05) is 20.8 Å². The standard InChI is InChI=1S/C27H53N3O4/c1-6-7-8-9-10-11-12-13-14-15-16-17-18-19-20-22(21-23(31)30-34)25(32)29-24(26(33)28-5)27(2,3)4/h22,24,34H,6-21H2,1-5H3,(H,28,33)(H,29,32)(H,30,31)/t22-,24-/m1/s1. The molecule has 7 heteroatoms. The van der Waals surface area contributed by atoms with Crippen molar-refractivity contribution in [2.45, 2.75) is 136 Å². The second-order valence-electron chi connectivity index (χ2n) is 10.7. The molecule has 0 saturated carbocycles. The number of unbranched alkanes of at least 4 members (excludes halogenated alkanes) is 13. The van der Waals surface area contributed by atoms with Gasteiger partial charge in [0.25, 0.3) is 0 Å². The van der Waals surface area contributed by atoms with Gasteiger partial charge in [-0.25, -0.2) is 5.48 Å². The van der Waals surface area contributed by atoms with Crippen LogP contribution in [0.3, 0.4) is 0 Å². The Bertz CT molecular complexity index is 561. The number of nitrogens with one attached hydrogen (secondary N) is 3. The highest BCUT2D eigenvalue weighted by molar-refractivity contribution is 5.90. The molecule has 0 radical (unpaired) electrons. The summed E-state index contributed by atoms with van der Waals surface area (Å²) < 4.78 is 0. The Balaban J connectivity index is 4.25. The van der Waals surface area contributed by atoms with Gasteiger partial charge in [-0.2, -0.15) is 0 Å². The average Bonchev–Trinajstić information content (AvgIpc) is 2.80. The number of hydroxylamine groups is 1. The van der Waals surface area contributed by atoms with E-state index in [0.717, 1.165) is 19.3 Å². The van der Waals surface area contributed by atoms with Crippen LogP contribution in [0.4, 0.5) is 0 Å². The van der Waals surface area contributed by atoms with Crippen molar-refractivity contribution in [3.63, 3.8) is 0 Å². The highest BCUT2D eigenvalue weighted by Crippen LogP contribution is 2.22. The summed E-state index contributed by atoms with van der Waals surface area (Å²) in [6, 6.07) is -0.693. The van der Waals surface area contributed by atoms with Gasteiger partial charge in [0.2, 0.25) is 17.7 Å². The Morgan fingerprint density at radius 2 is 1.18 bits per heavy atom. The van der Waals surface area contributed by atoms with Gasteiger partial charge in [-0.3, -0.25) is 19.6 Å². The monoisotopic (exact) mass is 483 g/mol. The Morgan fingerprint density at radius 3 is 1.56 bits per heavy atom. The summed E-state index contributed by atoms with van der Waals surface area (Å²) >= 11 is 0. The van der Waals surface area contributed by atoms with Crippen molar-refractivity contribution in [1.29, 1.82) is 0 Å². The summed E-state index contributed by atoms with van der Waals surface area (Å²) in [6.45, 7) is 7.91. The maximum absolute atomic E-state index is 12.9. The molecule has 0 saturated heterocycles. The minimum atomic E-state index is -0.693. The molecule has 4 N–H and O–H groups in total. The van der Waals surface area contributed by atoms with Gasteiger partial charge in [-0.15, -0.1) is 0 Å².